The third-order valence-electron chi connectivity index (χ3n) is 2.83. The minimum atomic E-state index is -1.38. The average Bonchev–Trinajstić information content (AvgIpc) is 2.38. The number of hydrogen-bond acceptors (Lipinski definition) is 3. The van der Waals surface area contributed by atoms with Crippen molar-refractivity contribution >= 4 is 12.0 Å². The van der Waals surface area contributed by atoms with Crippen LogP contribution in [0.25, 0.3) is 0 Å². The Bertz CT molecular complexity index is 507. The number of aliphatic hydroxyl groups is 1. The van der Waals surface area contributed by atoms with Gasteiger partial charge in [0.1, 0.15) is 5.82 Å². The topological polar surface area (TPSA) is 98.7 Å². The summed E-state index contributed by atoms with van der Waals surface area (Å²) >= 11 is 0. The molecule has 4 N–H and O–H groups in total. The average molecular weight is 284 g/mol. The number of aliphatic hydroxyl groups excluding tert-OH is 1. The van der Waals surface area contributed by atoms with Crippen LogP contribution in [-0.4, -0.2) is 34.9 Å². The smallest absolute Gasteiger partial charge is 0.328 e. The lowest BCUT2D eigenvalue weighted by atomic mass is 10.1. The number of amides is 2. The molecular formula is C13H17FN2O4. The highest BCUT2D eigenvalue weighted by Crippen LogP contribution is 2.16. The van der Waals surface area contributed by atoms with Crippen LogP contribution in [0.3, 0.4) is 0 Å². The van der Waals surface area contributed by atoms with E-state index in [1.807, 2.05) is 0 Å². The van der Waals surface area contributed by atoms with Crippen LogP contribution in [0.5, 0.6) is 0 Å². The molecule has 0 saturated heterocycles. The van der Waals surface area contributed by atoms with Crippen molar-refractivity contribution in [2.45, 2.75) is 25.9 Å². The van der Waals surface area contributed by atoms with Gasteiger partial charge in [-0.25, -0.2) is 14.0 Å². The third kappa shape index (κ3) is 4.20. The highest BCUT2D eigenvalue weighted by molar-refractivity contribution is 5.82. The van der Waals surface area contributed by atoms with E-state index in [0.717, 1.165) is 0 Å². The number of benzene rings is 1. The molecule has 0 radical (unpaired) electrons. The Balaban J connectivity index is 2.65. The van der Waals surface area contributed by atoms with Crippen molar-refractivity contribution < 1.29 is 24.2 Å². The lowest BCUT2D eigenvalue weighted by Gasteiger charge is -2.17. The van der Waals surface area contributed by atoms with Crippen molar-refractivity contribution in [1.82, 2.24) is 10.6 Å². The summed E-state index contributed by atoms with van der Waals surface area (Å²) in [4.78, 5) is 22.2. The molecule has 0 spiro atoms. The highest BCUT2D eigenvalue weighted by Gasteiger charge is 2.19. The molecule has 110 valence electrons. The van der Waals surface area contributed by atoms with Crippen molar-refractivity contribution in [1.29, 1.82) is 0 Å². The van der Waals surface area contributed by atoms with E-state index < -0.39 is 30.7 Å². The standard InChI is InChI=1S/C13H17FN2O4/c1-7-3-4-9(5-10(7)14)8(2)15-13(20)16-11(6-17)12(18)19/h3-5,8,11,17H,6H2,1-2H3,(H,18,19)(H2,15,16,20)/t8?,11-/m1/s1. The van der Waals surface area contributed by atoms with Crippen LogP contribution in [0.4, 0.5) is 9.18 Å². The Morgan fingerprint density at radius 3 is 2.50 bits per heavy atom. The molecule has 1 rings (SSSR count). The Morgan fingerprint density at radius 1 is 1.35 bits per heavy atom. The van der Waals surface area contributed by atoms with E-state index in [4.69, 9.17) is 10.2 Å². The van der Waals surface area contributed by atoms with Crippen LogP contribution < -0.4 is 10.6 Å². The van der Waals surface area contributed by atoms with Crippen molar-refractivity contribution in [3.63, 3.8) is 0 Å². The first-order valence-electron chi connectivity index (χ1n) is 6.02. The molecule has 0 fully saturated rings. The number of urea groups is 1. The van der Waals surface area contributed by atoms with Gasteiger partial charge < -0.3 is 20.8 Å². The molecule has 0 aliphatic heterocycles. The molecule has 0 bridgehead atoms. The number of nitrogens with one attached hydrogen (secondary N) is 2. The van der Waals surface area contributed by atoms with Crippen LogP contribution in [0.2, 0.25) is 0 Å². The number of carboxylic acids is 1. The van der Waals surface area contributed by atoms with Gasteiger partial charge in [0.25, 0.3) is 0 Å². The number of carbonyl (C=O) groups excluding carboxylic acids is 1. The van der Waals surface area contributed by atoms with Gasteiger partial charge in [0.2, 0.25) is 0 Å². The number of aryl methyl sites for hydroxylation is 1. The van der Waals surface area contributed by atoms with Crippen LogP contribution in [0.15, 0.2) is 18.2 Å². The Morgan fingerprint density at radius 2 is 2.00 bits per heavy atom. The SMILES string of the molecule is Cc1ccc(C(C)NC(=O)N[C@H](CO)C(=O)O)cc1F. The minimum absolute atomic E-state index is 0.379. The van der Waals surface area contributed by atoms with Crippen molar-refractivity contribution in [3.05, 3.63) is 35.1 Å². The van der Waals surface area contributed by atoms with Crippen molar-refractivity contribution in [2.24, 2.45) is 0 Å². The maximum atomic E-state index is 13.4. The van der Waals surface area contributed by atoms with Gasteiger partial charge in [-0.15, -0.1) is 0 Å². The van der Waals surface area contributed by atoms with Gasteiger partial charge in [0.15, 0.2) is 6.04 Å². The van der Waals surface area contributed by atoms with E-state index in [2.05, 4.69) is 10.6 Å². The Hall–Kier alpha value is -2.15. The number of halogens is 1. The number of carboxylic acid groups (broad SMARTS) is 1. The number of aliphatic carboxylic acids is 1. The second-order valence-electron chi connectivity index (χ2n) is 4.42. The molecule has 7 heteroatoms. The van der Waals surface area contributed by atoms with E-state index >= 15 is 0 Å². The van der Waals surface area contributed by atoms with Crippen LogP contribution in [0.1, 0.15) is 24.1 Å². The van der Waals surface area contributed by atoms with Crippen LogP contribution in [-0.2, 0) is 4.79 Å². The number of hydrogen-bond donors (Lipinski definition) is 4. The summed E-state index contributed by atoms with van der Waals surface area (Å²) in [6, 6.07) is 1.94. The zero-order valence-electron chi connectivity index (χ0n) is 11.2. The lowest BCUT2D eigenvalue weighted by Crippen LogP contribution is -2.48. The summed E-state index contributed by atoms with van der Waals surface area (Å²) in [6.45, 7) is 2.55. The quantitative estimate of drug-likeness (QED) is 0.646. The number of rotatable bonds is 5. The molecule has 1 aromatic carbocycles. The van der Waals surface area contributed by atoms with Gasteiger partial charge >= 0.3 is 12.0 Å². The maximum Gasteiger partial charge on any atom is 0.328 e. The molecule has 0 aromatic heterocycles. The van der Waals surface area contributed by atoms with Gasteiger partial charge in [0, 0.05) is 0 Å². The zero-order valence-corrected chi connectivity index (χ0v) is 11.2. The first kappa shape index (κ1) is 15.9. The predicted molar refractivity (Wildman–Crippen MR) is 69.7 cm³/mol. The van der Waals surface area contributed by atoms with E-state index in [1.165, 1.54) is 6.07 Å². The van der Waals surface area contributed by atoms with E-state index in [1.54, 1.807) is 26.0 Å². The molecule has 2 atom stereocenters. The second-order valence-corrected chi connectivity index (χ2v) is 4.42. The highest BCUT2D eigenvalue weighted by atomic mass is 19.1. The summed E-state index contributed by atoms with van der Waals surface area (Å²) in [6.07, 6.45) is 0. The molecule has 0 heterocycles. The van der Waals surface area contributed by atoms with Crippen molar-refractivity contribution in [2.75, 3.05) is 6.61 Å². The molecule has 20 heavy (non-hydrogen) atoms. The molecular weight excluding hydrogens is 267 g/mol. The Kier molecular flexibility index (Phi) is 5.45. The summed E-state index contributed by atoms with van der Waals surface area (Å²) in [5.74, 6) is -1.72. The van der Waals surface area contributed by atoms with Crippen LogP contribution >= 0.6 is 0 Å². The van der Waals surface area contributed by atoms with Gasteiger partial charge in [-0.3, -0.25) is 0 Å². The largest absolute Gasteiger partial charge is 0.480 e. The third-order valence-corrected chi connectivity index (χ3v) is 2.83. The molecule has 0 aliphatic rings. The first-order valence-corrected chi connectivity index (χ1v) is 6.02. The summed E-state index contributed by atoms with van der Waals surface area (Å²) in [7, 11) is 0. The normalized spacial score (nSPS) is 13.4. The fourth-order valence-electron chi connectivity index (χ4n) is 1.54. The molecule has 6 nitrogen and oxygen atoms in total. The van der Waals surface area contributed by atoms with E-state index in [9.17, 15) is 14.0 Å². The van der Waals surface area contributed by atoms with Gasteiger partial charge in [-0.2, -0.15) is 0 Å². The van der Waals surface area contributed by atoms with Gasteiger partial charge in [0.05, 0.1) is 12.6 Å². The molecule has 0 aliphatic carbocycles. The minimum Gasteiger partial charge on any atom is -0.480 e. The summed E-state index contributed by atoms with van der Waals surface area (Å²) < 4.78 is 13.4. The predicted octanol–water partition coefficient (Wildman–Crippen LogP) is 0.940. The summed E-state index contributed by atoms with van der Waals surface area (Å²) in [5.41, 5.74) is 1.05. The zero-order chi connectivity index (χ0) is 15.3. The Labute approximate surface area is 115 Å². The monoisotopic (exact) mass is 284 g/mol. The molecule has 1 unspecified atom stereocenters. The molecule has 0 saturated carbocycles. The van der Waals surface area contributed by atoms with Gasteiger partial charge in [-0.1, -0.05) is 12.1 Å². The molecule has 1 aromatic rings. The molecule has 2 amide bonds. The van der Waals surface area contributed by atoms with Crippen molar-refractivity contribution in [3.8, 4) is 0 Å². The van der Waals surface area contributed by atoms with Crippen LogP contribution in [0, 0.1) is 12.7 Å². The first-order chi connectivity index (χ1) is 9.35. The maximum absolute atomic E-state index is 13.4. The van der Waals surface area contributed by atoms with E-state index in [-0.39, 0.29) is 5.82 Å². The fraction of sp³-hybridized carbons (Fsp3) is 0.385. The lowest BCUT2D eigenvalue weighted by molar-refractivity contribution is -0.140. The van der Waals surface area contributed by atoms with E-state index in [0.29, 0.717) is 11.1 Å². The fourth-order valence-corrected chi connectivity index (χ4v) is 1.54. The summed E-state index contributed by atoms with van der Waals surface area (Å²) in [5, 5.41) is 22.0. The second kappa shape index (κ2) is 6.85. The van der Waals surface area contributed by atoms with Gasteiger partial charge in [-0.05, 0) is 31.0 Å². The number of carbonyl (C=O) groups is 2.